The van der Waals surface area contributed by atoms with Gasteiger partial charge < -0.3 is 5.32 Å². The Hall–Kier alpha value is -2.48. The molecule has 0 aliphatic rings. The Balaban J connectivity index is 1.61. The van der Waals surface area contributed by atoms with E-state index in [0.29, 0.717) is 10.8 Å². The van der Waals surface area contributed by atoms with Gasteiger partial charge in [0.15, 0.2) is 10.8 Å². The number of nitrogens with one attached hydrogen (secondary N) is 1. The highest BCUT2D eigenvalue weighted by molar-refractivity contribution is 7.99. The normalized spacial score (nSPS) is 12.3. The summed E-state index contributed by atoms with van der Waals surface area (Å²) in [7, 11) is 0. The molecule has 0 saturated carbocycles. The molecule has 2 heterocycles. The molecular formula is C16H14F2N4OS. The molecule has 3 rings (SSSR count). The highest BCUT2D eigenvalue weighted by Gasteiger charge is 2.15. The smallest absolute Gasteiger partial charge is 0.230 e. The van der Waals surface area contributed by atoms with Crippen LogP contribution in [0, 0.1) is 11.6 Å². The number of carbonyl (C=O) groups is 1. The average molecular weight is 348 g/mol. The second kappa shape index (κ2) is 6.96. The first-order valence-corrected chi connectivity index (χ1v) is 8.20. The van der Waals surface area contributed by atoms with E-state index in [1.165, 1.54) is 17.8 Å². The maximum Gasteiger partial charge on any atom is 0.230 e. The fraction of sp³-hybridized carbons (Fsp3) is 0.188. The zero-order valence-electron chi connectivity index (χ0n) is 12.7. The van der Waals surface area contributed by atoms with Gasteiger partial charge in [0.05, 0.1) is 11.8 Å². The summed E-state index contributed by atoms with van der Waals surface area (Å²) in [5.41, 5.74) is 0.935. The number of amides is 1. The first kappa shape index (κ1) is 16.4. The van der Waals surface area contributed by atoms with E-state index >= 15 is 0 Å². The molecule has 0 fully saturated rings. The molecule has 0 aliphatic carbocycles. The molecule has 1 atom stereocenters. The highest BCUT2D eigenvalue weighted by Crippen LogP contribution is 2.19. The molecule has 1 amide bonds. The van der Waals surface area contributed by atoms with Crippen LogP contribution in [0.2, 0.25) is 0 Å². The SMILES string of the molecule is C[C@@H](NC(=O)CSc1nnc2ccccn12)c1ccc(F)cc1F. The van der Waals surface area contributed by atoms with Crippen LogP contribution in [0.4, 0.5) is 8.78 Å². The predicted octanol–water partition coefficient (Wildman–Crippen LogP) is 2.98. The lowest BCUT2D eigenvalue weighted by molar-refractivity contribution is -0.119. The number of nitrogens with zero attached hydrogens (tertiary/aromatic N) is 3. The van der Waals surface area contributed by atoms with E-state index in [9.17, 15) is 13.6 Å². The molecule has 124 valence electrons. The lowest BCUT2D eigenvalue weighted by atomic mass is 10.1. The van der Waals surface area contributed by atoms with Gasteiger partial charge in [-0.2, -0.15) is 0 Å². The van der Waals surface area contributed by atoms with Crippen molar-refractivity contribution in [3.8, 4) is 0 Å². The number of rotatable bonds is 5. The van der Waals surface area contributed by atoms with Crippen molar-refractivity contribution in [3.63, 3.8) is 0 Å². The van der Waals surface area contributed by atoms with Gasteiger partial charge in [-0.3, -0.25) is 9.20 Å². The van der Waals surface area contributed by atoms with Gasteiger partial charge in [-0.05, 0) is 25.1 Å². The van der Waals surface area contributed by atoms with Gasteiger partial charge in [0.1, 0.15) is 11.6 Å². The summed E-state index contributed by atoms with van der Waals surface area (Å²) in [5.74, 6) is -1.49. The summed E-state index contributed by atoms with van der Waals surface area (Å²) in [6.45, 7) is 1.64. The molecule has 1 N–H and O–H groups in total. The molecule has 24 heavy (non-hydrogen) atoms. The molecule has 2 aromatic heterocycles. The minimum Gasteiger partial charge on any atom is -0.349 e. The van der Waals surface area contributed by atoms with Crippen molar-refractivity contribution >= 4 is 23.3 Å². The van der Waals surface area contributed by atoms with Gasteiger partial charge >= 0.3 is 0 Å². The Bertz CT molecular complexity index is 883. The molecule has 0 unspecified atom stereocenters. The molecule has 3 aromatic rings. The van der Waals surface area contributed by atoms with Gasteiger partial charge in [-0.1, -0.05) is 23.9 Å². The van der Waals surface area contributed by atoms with Crippen molar-refractivity contribution < 1.29 is 13.6 Å². The molecule has 0 bridgehead atoms. The van der Waals surface area contributed by atoms with Crippen LogP contribution in [-0.2, 0) is 4.79 Å². The molecule has 0 radical (unpaired) electrons. The van der Waals surface area contributed by atoms with Crippen molar-refractivity contribution in [2.45, 2.75) is 18.1 Å². The third-order valence-electron chi connectivity index (χ3n) is 3.42. The zero-order chi connectivity index (χ0) is 17.1. The number of fused-ring (bicyclic) bond motifs is 1. The van der Waals surface area contributed by atoms with Crippen LogP contribution in [0.5, 0.6) is 0 Å². The number of benzene rings is 1. The van der Waals surface area contributed by atoms with Gasteiger partial charge in [0.25, 0.3) is 0 Å². The topological polar surface area (TPSA) is 59.3 Å². The highest BCUT2D eigenvalue weighted by atomic mass is 32.2. The first-order valence-electron chi connectivity index (χ1n) is 7.21. The van der Waals surface area contributed by atoms with Crippen LogP contribution in [0.15, 0.2) is 47.8 Å². The number of hydrogen-bond donors (Lipinski definition) is 1. The minimum atomic E-state index is -0.682. The summed E-state index contributed by atoms with van der Waals surface area (Å²) >= 11 is 1.23. The van der Waals surface area contributed by atoms with Crippen LogP contribution in [0.1, 0.15) is 18.5 Å². The monoisotopic (exact) mass is 348 g/mol. The summed E-state index contributed by atoms with van der Waals surface area (Å²) in [6, 6.07) is 8.25. The Morgan fingerprint density at radius 1 is 1.29 bits per heavy atom. The van der Waals surface area contributed by atoms with Gasteiger partial charge in [-0.15, -0.1) is 10.2 Å². The van der Waals surface area contributed by atoms with Crippen LogP contribution in [-0.4, -0.2) is 26.3 Å². The third-order valence-corrected chi connectivity index (χ3v) is 4.36. The van der Waals surface area contributed by atoms with Gasteiger partial charge in [0, 0.05) is 17.8 Å². The summed E-state index contributed by atoms with van der Waals surface area (Å²) < 4.78 is 28.4. The Morgan fingerprint density at radius 2 is 2.12 bits per heavy atom. The minimum absolute atomic E-state index is 0.114. The number of aromatic nitrogens is 3. The second-order valence-corrected chi connectivity index (χ2v) is 6.10. The fourth-order valence-electron chi connectivity index (χ4n) is 2.26. The van der Waals surface area contributed by atoms with E-state index in [1.807, 2.05) is 24.4 Å². The quantitative estimate of drug-likeness (QED) is 0.720. The largest absolute Gasteiger partial charge is 0.349 e. The lowest BCUT2D eigenvalue weighted by Crippen LogP contribution is -2.28. The molecule has 5 nitrogen and oxygen atoms in total. The van der Waals surface area contributed by atoms with E-state index in [0.717, 1.165) is 12.1 Å². The van der Waals surface area contributed by atoms with Crippen LogP contribution < -0.4 is 5.32 Å². The van der Waals surface area contributed by atoms with Crippen LogP contribution in [0.25, 0.3) is 5.65 Å². The van der Waals surface area contributed by atoms with E-state index in [1.54, 1.807) is 11.3 Å². The summed E-state index contributed by atoms with van der Waals surface area (Å²) in [6.07, 6.45) is 1.81. The number of pyridine rings is 1. The van der Waals surface area contributed by atoms with Crippen molar-refractivity contribution in [3.05, 3.63) is 59.8 Å². The number of carbonyl (C=O) groups excluding carboxylic acids is 1. The Morgan fingerprint density at radius 3 is 2.92 bits per heavy atom. The van der Waals surface area contributed by atoms with Gasteiger partial charge in [-0.25, -0.2) is 8.78 Å². The van der Waals surface area contributed by atoms with Crippen molar-refractivity contribution in [2.75, 3.05) is 5.75 Å². The first-order chi connectivity index (χ1) is 11.5. The molecular weight excluding hydrogens is 334 g/mol. The van der Waals surface area contributed by atoms with E-state index < -0.39 is 17.7 Å². The Labute approximate surface area is 141 Å². The second-order valence-electron chi connectivity index (χ2n) is 5.16. The van der Waals surface area contributed by atoms with E-state index in [2.05, 4.69) is 15.5 Å². The number of halogens is 2. The molecule has 0 saturated heterocycles. The summed E-state index contributed by atoms with van der Waals surface area (Å²) in [4.78, 5) is 12.1. The molecule has 0 aliphatic heterocycles. The maximum absolute atomic E-state index is 13.7. The number of hydrogen-bond acceptors (Lipinski definition) is 4. The molecule has 0 spiro atoms. The molecule has 1 aromatic carbocycles. The van der Waals surface area contributed by atoms with Crippen molar-refractivity contribution in [1.82, 2.24) is 19.9 Å². The van der Waals surface area contributed by atoms with Crippen LogP contribution in [0.3, 0.4) is 0 Å². The van der Waals surface area contributed by atoms with Gasteiger partial charge in [0.2, 0.25) is 5.91 Å². The average Bonchev–Trinajstić information content (AvgIpc) is 2.96. The fourth-order valence-corrected chi connectivity index (χ4v) is 3.00. The zero-order valence-corrected chi connectivity index (χ0v) is 13.6. The summed E-state index contributed by atoms with van der Waals surface area (Å²) in [5, 5.41) is 11.3. The number of thioether (sulfide) groups is 1. The standard InChI is InChI=1S/C16H14F2N4OS/c1-10(12-6-5-11(17)8-13(12)18)19-15(23)9-24-16-21-20-14-4-2-3-7-22(14)16/h2-8,10H,9H2,1H3,(H,19,23)/t10-/m1/s1. The molecule has 8 heteroatoms. The van der Waals surface area contributed by atoms with E-state index in [4.69, 9.17) is 0 Å². The Kier molecular flexibility index (Phi) is 4.75. The van der Waals surface area contributed by atoms with Crippen molar-refractivity contribution in [1.29, 1.82) is 0 Å². The van der Waals surface area contributed by atoms with Crippen LogP contribution >= 0.6 is 11.8 Å². The lowest BCUT2D eigenvalue weighted by Gasteiger charge is -2.14. The maximum atomic E-state index is 13.7. The van der Waals surface area contributed by atoms with Crippen molar-refractivity contribution in [2.24, 2.45) is 0 Å². The third kappa shape index (κ3) is 3.53. The van der Waals surface area contributed by atoms with E-state index in [-0.39, 0.29) is 17.2 Å². The predicted molar refractivity (Wildman–Crippen MR) is 86.6 cm³/mol.